The lowest BCUT2D eigenvalue weighted by molar-refractivity contribution is -0.114. The van der Waals surface area contributed by atoms with Crippen molar-refractivity contribution in [1.29, 1.82) is 0 Å². The van der Waals surface area contributed by atoms with Gasteiger partial charge in [0.1, 0.15) is 0 Å². The summed E-state index contributed by atoms with van der Waals surface area (Å²) in [4.78, 5) is 13.3. The molecule has 0 bridgehead atoms. The molecule has 0 heterocycles. The van der Waals surface area contributed by atoms with E-state index >= 15 is 0 Å². The highest BCUT2D eigenvalue weighted by atomic mass is 16.5. The van der Waals surface area contributed by atoms with Gasteiger partial charge in [-0.3, -0.25) is 4.79 Å². The Bertz CT molecular complexity index is 393. The fourth-order valence-corrected chi connectivity index (χ4v) is 1.87. The van der Waals surface area contributed by atoms with Gasteiger partial charge >= 0.3 is 0 Å². The van der Waals surface area contributed by atoms with Gasteiger partial charge in [-0.1, -0.05) is 13.0 Å². The third kappa shape index (κ3) is 5.75. The number of amides is 1. The van der Waals surface area contributed by atoms with Gasteiger partial charge in [-0.2, -0.15) is 0 Å². The van der Waals surface area contributed by atoms with Gasteiger partial charge < -0.3 is 15.0 Å². The number of nitrogens with zero attached hydrogens (tertiary/aromatic N) is 1. The van der Waals surface area contributed by atoms with Crippen LogP contribution in [-0.4, -0.2) is 32.2 Å². The molecule has 0 spiro atoms. The minimum atomic E-state index is -0.0496. The summed E-state index contributed by atoms with van der Waals surface area (Å²) in [6.07, 6.45) is 1.05. The minimum Gasteiger partial charge on any atom is -0.380 e. The Morgan fingerprint density at radius 1 is 1.32 bits per heavy atom. The van der Waals surface area contributed by atoms with Crippen molar-refractivity contribution in [2.24, 2.45) is 0 Å². The number of hydrogen-bond acceptors (Lipinski definition) is 3. The quantitative estimate of drug-likeness (QED) is 0.734. The van der Waals surface area contributed by atoms with Crippen molar-refractivity contribution in [3.8, 4) is 0 Å². The maximum Gasteiger partial charge on any atom is 0.221 e. The standard InChI is InChI=1S/C15H24N2O2/c1-4-10-19-11-9-17(5-2)15-8-6-7-14(12-15)16-13(3)18/h6-8,12H,4-5,9-11H2,1-3H3,(H,16,18). The summed E-state index contributed by atoms with van der Waals surface area (Å²) < 4.78 is 5.52. The predicted octanol–water partition coefficient (Wildman–Crippen LogP) is 2.90. The number of rotatable bonds is 8. The molecule has 1 aromatic carbocycles. The number of ether oxygens (including phenoxy) is 1. The summed E-state index contributed by atoms with van der Waals surface area (Å²) in [6.45, 7) is 9.05. The van der Waals surface area contributed by atoms with E-state index in [1.54, 1.807) is 0 Å². The van der Waals surface area contributed by atoms with Crippen LogP contribution in [0.4, 0.5) is 11.4 Å². The van der Waals surface area contributed by atoms with Crippen LogP contribution in [-0.2, 0) is 9.53 Å². The highest BCUT2D eigenvalue weighted by Crippen LogP contribution is 2.19. The molecule has 0 radical (unpaired) electrons. The molecule has 0 saturated heterocycles. The van der Waals surface area contributed by atoms with Gasteiger partial charge in [0.15, 0.2) is 0 Å². The van der Waals surface area contributed by atoms with Crippen molar-refractivity contribution in [1.82, 2.24) is 0 Å². The lowest BCUT2D eigenvalue weighted by Crippen LogP contribution is -2.27. The molecule has 0 saturated carbocycles. The third-order valence-electron chi connectivity index (χ3n) is 2.77. The van der Waals surface area contributed by atoms with E-state index in [9.17, 15) is 4.79 Å². The fourth-order valence-electron chi connectivity index (χ4n) is 1.87. The van der Waals surface area contributed by atoms with Crippen LogP contribution in [0.1, 0.15) is 27.2 Å². The molecule has 0 atom stereocenters. The maximum absolute atomic E-state index is 11.1. The maximum atomic E-state index is 11.1. The molecule has 1 N–H and O–H groups in total. The summed E-state index contributed by atoms with van der Waals surface area (Å²) in [5, 5.41) is 2.80. The number of anilines is 2. The summed E-state index contributed by atoms with van der Waals surface area (Å²) in [7, 11) is 0. The van der Waals surface area contributed by atoms with E-state index in [2.05, 4.69) is 30.1 Å². The van der Waals surface area contributed by atoms with E-state index in [-0.39, 0.29) is 5.91 Å². The Hall–Kier alpha value is -1.55. The lowest BCUT2D eigenvalue weighted by Gasteiger charge is -2.23. The fraction of sp³-hybridized carbons (Fsp3) is 0.533. The molecule has 1 rings (SSSR count). The van der Waals surface area contributed by atoms with Gasteiger partial charge in [0.25, 0.3) is 0 Å². The van der Waals surface area contributed by atoms with Crippen molar-refractivity contribution in [2.75, 3.05) is 36.5 Å². The Morgan fingerprint density at radius 3 is 2.74 bits per heavy atom. The summed E-state index contributed by atoms with van der Waals surface area (Å²) in [6, 6.07) is 7.89. The average Bonchev–Trinajstić information content (AvgIpc) is 2.38. The first-order valence-corrected chi connectivity index (χ1v) is 6.87. The van der Waals surface area contributed by atoms with E-state index in [4.69, 9.17) is 4.74 Å². The average molecular weight is 264 g/mol. The molecule has 0 unspecified atom stereocenters. The number of carbonyl (C=O) groups excluding carboxylic acids is 1. The van der Waals surface area contributed by atoms with Crippen LogP contribution in [0.5, 0.6) is 0 Å². The van der Waals surface area contributed by atoms with Crippen LogP contribution in [0.25, 0.3) is 0 Å². The minimum absolute atomic E-state index is 0.0496. The van der Waals surface area contributed by atoms with Crippen LogP contribution in [0, 0.1) is 0 Å². The van der Waals surface area contributed by atoms with E-state index in [0.29, 0.717) is 0 Å². The number of likely N-dealkylation sites (N-methyl/N-ethyl adjacent to an activating group) is 1. The summed E-state index contributed by atoms with van der Waals surface area (Å²) in [5.74, 6) is -0.0496. The van der Waals surface area contributed by atoms with E-state index < -0.39 is 0 Å². The van der Waals surface area contributed by atoms with Crippen LogP contribution < -0.4 is 10.2 Å². The molecule has 0 aliphatic carbocycles. The second-order valence-corrected chi connectivity index (χ2v) is 4.42. The predicted molar refractivity (Wildman–Crippen MR) is 79.7 cm³/mol. The monoisotopic (exact) mass is 264 g/mol. The molecular formula is C15H24N2O2. The first kappa shape index (κ1) is 15.5. The molecule has 19 heavy (non-hydrogen) atoms. The normalized spacial score (nSPS) is 10.3. The molecule has 106 valence electrons. The Kier molecular flexibility index (Phi) is 6.97. The third-order valence-corrected chi connectivity index (χ3v) is 2.77. The zero-order valence-corrected chi connectivity index (χ0v) is 12.1. The highest BCUT2D eigenvalue weighted by Gasteiger charge is 2.05. The molecule has 4 heteroatoms. The largest absolute Gasteiger partial charge is 0.380 e. The summed E-state index contributed by atoms with van der Waals surface area (Å²) in [5.41, 5.74) is 1.94. The molecule has 1 aromatic rings. The number of hydrogen-bond donors (Lipinski definition) is 1. The summed E-state index contributed by atoms with van der Waals surface area (Å²) >= 11 is 0. The van der Waals surface area contributed by atoms with Gasteiger partial charge in [0, 0.05) is 38.0 Å². The van der Waals surface area contributed by atoms with E-state index in [1.165, 1.54) is 6.92 Å². The van der Waals surface area contributed by atoms with Gasteiger partial charge in [0.05, 0.1) is 6.61 Å². The first-order chi connectivity index (χ1) is 9.17. The Labute approximate surface area is 115 Å². The van der Waals surface area contributed by atoms with Crippen molar-refractivity contribution < 1.29 is 9.53 Å². The second kappa shape index (κ2) is 8.53. The van der Waals surface area contributed by atoms with Gasteiger partial charge in [-0.05, 0) is 31.5 Å². The smallest absolute Gasteiger partial charge is 0.221 e. The molecule has 0 aromatic heterocycles. The van der Waals surface area contributed by atoms with E-state index in [0.717, 1.165) is 44.1 Å². The van der Waals surface area contributed by atoms with Crippen molar-refractivity contribution in [2.45, 2.75) is 27.2 Å². The Morgan fingerprint density at radius 2 is 2.11 bits per heavy atom. The van der Waals surface area contributed by atoms with Crippen LogP contribution in [0.3, 0.4) is 0 Å². The molecule has 0 fully saturated rings. The molecule has 0 aliphatic heterocycles. The number of benzene rings is 1. The zero-order chi connectivity index (χ0) is 14.1. The molecular weight excluding hydrogens is 240 g/mol. The number of nitrogens with one attached hydrogen (secondary N) is 1. The molecule has 0 aliphatic rings. The van der Waals surface area contributed by atoms with Crippen molar-refractivity contribution in [3.05, 3.63) is 24.3 Å². The van der Waals surface area contributed by atoms with Gasteiger partial charge in [0.2, 0.25) is 5.91 Å². The SMILES string of the molecule is CCCOCCN(CC)c1cccc(NC(C)=O)c1. The second-order valence-electron chi connectivity index (χ2n) is 4.42. The molecule has 4 nitrogen and oxygen atoms in total. The Balaban J connectivity index is 2.61. The zero-order valence-electron chi connectivity index (χ0n) is 12.1. The van der Waals surface area contributed by atoms with Crippen molar-refractivity contribution >= 4 is 17.3 Å². The van der Waals surface area contributed by atoms with Crippen LogP contribution >= 0.6 is 0 Å². The van der Waals surface area contributed by atoms with Gasteiger partial charge in [-0.25, -0.2) is 0 Å². The lowest BCUT2D eigenvalue weighted by atomic mass is 10.2. The van der Waals surface area contributed by atoms with Crippen LogP contribution in [0.2, 0.25) is 0 Å². The van der Waals surface area contributed by atoms with Crippen molar-refractivity contribution in [3.63, 3.8) is 0 Å². The van der Waals surface area contributed by atoms with Crippen LogP contribution in [0.15, 0.2) is 24.3 Å². The number of carbonyl (C=O) groups is 1. The van der Waals surface area contributed by atoms with Gasteiger partial charge in [-0.15, -0.1) is 0 Å². The molecule has 1 amide bonds. The van der Waals surface area contributed by atoms with E-state index in [1.807, 2.05) is 18.2 Å². The topological polar surface area (TPSA) is 41.6 Å². The highest BCUT2D eigenvalue weighted by molar-refractivity contribution is 5.89. The first-order valence-electron chi connectivity index (χ1n) is 6.87.